The number of hydrogen-bond donors (Lipinski definition) is 3. The van der Waals surface area contributed by atoms with Gasteiger partial charge in [0.25, 0.3) is 10.9 Å². The van der Waals surface area contributed by atoms with Crippen LogP contribution in [0.1, 0.15) is 37.0 Å². The van der Waals surface area contributed by atoms with Gasteiger partial charge in [0.2, 0.25) is 0 Å². The van der Waals surface area contributed by atoms with Crippen molar-refractivity contribution in [2.75, 3.05) is 44.6 Å². The lowest BCUT2D eigenvalue weighted by Crippen LogP contribution is -2.43. The number of rotatable bonds is 9. The Labute approximate surface area is 227 Å². The van der Waals surface area contributed by atoms with E-state index in [9.17, 15) is 22.8 Å². The fourth-order valence-electron chi connectivity index (χ4n) is 3.80. The molecule has 0 spiro atoms. The van der Waals surface area contributed by atoms with Crippen molar-refractivity contribution in [1.29, 1.82) is 0 Å². The van der Waals surface area contributed by atoms with Crippen LogP contribution in [0.15, 0.2) is 35.7 Å². The molecule has 1 aromatic carbocycles. The number of aliphatic carboxylic acids is 1. The highest BCUT2D eigenvalue weighted by Gasteiger charge is 2.32. The van der Waals surface area contributed by atoms with Crippen molar-refractivity contribution in [2.45, 2.75) is 38.9 Å². The van der Waals surface area contributed by atoms with Crippen LogP contribution in [0.4, 0.5) is 23.0 Å². The maximum Gasteiger partial charge on any atom is 0.430 e. The number of hydrogen-bond acceptors (Lipinski definition) is 7. The number of nitrogens with one attached hydrogen (secondary N) is 1. The lowest BCUT2D eigenvalue weighted by atomic mass is 10.1. The molecule has 1 aromatic heterocycles. The first-order valence-electron chi connectivity index (χ1n) is 12.4. The highest BCUT2D eigenvalue weighted by atomic mass is 32.2. The van der Waals surface area contributed by atoms with Crippen LogP contribution in [-0.2, 0) is 4.79 Å². The van der Waals surface area contributed by atoms with Gasteiger partial charge in [-0.2, -0.15) is 13.2 Å². The second-order valence-electron chi connectivity index (χ2n) is 8.64. The molecule has 3 rings (SSSR count). The number of primary amides is 1. The number of ether oxygens (including phenoxy) is 1. The summed E-state index contributed by atoms with van der Waals surface area (Å²) in [6.07, 6.45) is -3.64. The minimum Gasteiger partial charge on any atom is -0.542 e. The Kier molecular flexibility index (Phi) is 12.0. The molecule has 1 aliphatic heterocycles. The molecule has 1 atom stereocenters. The number of carbonyl (C=O) groups excluding carboxylic acids is 3. The average molecular weight is 574 g/mol. The number of piperidine rings is 1. The van der Waals surface area contributed by atoms with E-state index >= 15 is 0 Å². The second kappa shape index (κ2) is 14.7. The smallest absolute Gasteiger partial charge is 0.430 e. The third kappa shape index (κ3) is 9.71. The van der Waals surface area contributed by atoms with Gasteiger partial charge in [-0.15, -0.1) is 0 Å². The molecular formula is C25H34F3N5O5S. The molecule has 3 amide bonds. The maximum atomic E-state index is 13.2. The Balaban J connectivity index is 0.000000673. The number of anilines is 1. The van der Waals surface area contributed by atoms with E-state index in [4.69, 9.17) is 26.1 Å². The van der Waals surface area contributed by atoms with Crippen LogP contribution in [0.2, 0.25) is 0 Å². The number of carboxylic acids is 1. The van der Waals surface area contributed by atoms with E-state index in [1.807, 2.05) is 29.6 Å². The molecular weight excluding hydrogens is 539 g/mol. The standard InChI is InChI=1S/C23H33N5O3S.C2HF3O2/c1-3-27(4-2)13-14-31-18-6-5-7-19(16-18)32-15-10-20(21(32)26-23(25)30)22(29)28-11-8-17(24)9-12-28;3-2(4,5)1(6)7/h5-7,10,15-17H,3-4,8-9,11-14,24H2,1-2H3,(H2-,25,26,29,30);(H,6,7). The highest BCUT2D eigenvalue weighted by molar-refractivity contribution is 7.42. The largest absolute Gasteiger partial charge is 0.542 e. The molecule has 0 bridgehead atoms. The molecule has 39 heavy (non-hydrogen) atoms. The minimum atomic E-state index is -5.19. The lowest BCUT2D eigenvalue weighted by Gasteiger charge is -2.29. The fraction of sp³-hybridized carbons (Fsp3) is 0.480. The first-order chi connectivity index (χ1) is 18.4. The van der Waals surface area contributed by atoms with Gasteiger partial charge in [0, 0.05) is 48.3 Å². The molecule has 1 aliphatic rings. The van der Waals surface area contributed by atoms with E-state index in [-0.39, 0.29) is 11.9 Å². The Bertz CT molecular complexity index is 1120. The number of amides is 3. The molecule has 216 valence electrons. The zero-order valence-electron chi connectivity index (χ0n) is 21.8. The first-order valence-corrected chi connectivity index (χ1v) is 13.7. The summed E-state index contributed by atoms with van der Waals surface area (Å²) in [5.41, 5.74) is 11.9. The predicted molar refractivity (Wildman–Crippen MR) is 141 cm³/mol. The molecule has 1 fully saturated rings. The number of thiophene rings is 1. The van der Waals surface area contributed by atoms with Gasteiger partial charge in [-0.1, -0.05) is 19.9 Å². The van der Waals surface area contributed by atoms with E-state index in [0.29, 0.717) is 30.3 Å². The number of benzene rings is 1. The van der Waals surface area contributed by atoms with Crippen molar-refractivity contribution in [2.24, 2.45) is 11.5 Å². The molecule has 14 heteroatoms. The number of likely N-dealkylation sites (tertiary alicyclic amines) is 1. The third-order valence-corrected chi connectivity index (χ3v) is 7.92. The Morgan fingerprint density at radius 2 is 1.79 bits per heavy atom. The van der Waals surface area contributed by atoms with Crippen LogP contribution in [-0.4, -0.2) is 79.3 Å². The summed E-state index contributed by atoms with van der Waals surface area (Å²) < 4.78 is 37.5. The Hall–Kier alpha value is -3.36. The summed E-state index contributed by atoms with van der Waals surface area (Å²) in [6, 6.07) is 9.03. The van der Waals surface area contributed by atoms with Gasteiger partial charge in [0.1, 0.15) is 29.3 Å². The normalized spacial score (nSPS) is 14.4. The maximum absolute atomic E-state index is 13.2. The SMILES string of the molecule is CCN(CC)CCOc1cccc(-[s+]2ccc(C(=O)N3CCC(N)CC3)c2NC(N)=O)c1.O=C([O-])C(F)(F)F. The van der Waals surface area contributed by atoms with Crippen LogP contribution >= 0.6 is 10.5 Å². The lowest BCUT2D eigenvalue weighted by molar-refractivity contribution is -0.344. The zero-order valence-corrected chi connectivity index (χ0v) is 22.6. The number of urea groups is 1. The summed E-state index contributed by atoms with van der Waals surface area (Å²) in [7, 11) is -0.614. The van der Waals surface area contributed by atoms with Crippen LogP contribution in [0.25, 0.3) is 4.90 Å². The molecule has 1 unspecified atom stereocenters. The molecule has 1 saturated heterocycles. The van der Waals surface area contributed by atoms with E-state index in [0.717, 1.165) is 43.1 Å². The van der Waals surface area contributed by atoms with Crippen molar-refractivity contribution in [3.05, 3.63) is 41.3 Å². The summed E-state index contributed by atoms with van der Waals surface area (Å²) in [5, 5.41) is 14.0. The summed E-state index contributed by atoms with van der Waals surface area (Å²) >= 11 is 0. The fourth-order valence-corrected chi connectivity index (χ4v) is 5.68. The Morgan fingerprint density at radius 3 is 2.33 bits per heavy atom. The number of carbonyl (C=O) groups is 3. The number of nitrogens with zero attached hydrogens (tertiary/aromatic N) is 2. The van der Waals surface area contributed by atoms with Crippen molar-refractivity contribution < 1.29 is 37.4 Å². The van der Waals surface area contributed by atoms with Crippen molar-refractivity contribution in [1.82, 2.24) is 9.80 Å². The Morgan fingerprint density at radius 1 is 1.18 bits per heavy atom. The van der Waals surface area contributed by atoms with E-state index in [1.54, 1.807) is 11.0 Å². The van der Waals surface area contributed by atoms with Gasteiger partial charge >= 0.3 is 12.2 Å². The zero-order chi connectivity index (χ0) is 29.2. The van der Waals surface area contributed by atoms with E-state index in [1.165, 1.54) is 0 Å². The number of alkyl halides is 3. The molecule has 2 heterocycles. The van der Waals surface area contributed by atoms with Gasteiger partial charge in [-0.25, -0.2) is 4.79 Å². The second-order valence-corrected chi connectivity index (χ2v) is 10.5. The van der Waals surface area contributed by atoms with Gasteiger partial charge in [-0.3, -0.25) is 10.1 Å². The van der Waals surface area contributed by atoms with Crippen LogP contribution in [0.3, 0.4) is 0 Å². The molecule has 0 saturated carbocycles. The first kappa shape index (κ1) is 31.9. The number of likely N-dealkylation sites (N-methyl/N-ethyl adjacent to an activating group) is 1. The minimum absolute atomic E-state index is 0.0986. The van der Waals surface area contributed by atoms with Crippen LogP contribution < -0.4 is 26.6 Å². The molecule has 2 aromatic rings. The number of carboxylic acid groups (broad SMARTS) is 1. The highest BCUT2D eigenvalue weighted by Crippen LogP contribution is 2.44. The van der Waals surface area contributed by atoms with Gasteiger partial charge < -0.3 is 35.9 Å². The van der Waals surface area contributed by atoms with Gasteiger partial charge in [-0.05, 0) is 38.1 Å². The number of nitrogens with two attached hydrogens (primary N) is 2. The summed E-state index contributed by atoms with van der Waals surface area (Å²) in [5.74, 6) is -2.34. The van der Waals surface area contributed by atoms with E-state index in [2.05, 4.69) is 24.1 Å². The van der Waals surface area contributed by atoms with Crippen LogP contribution in [0.5, 0.6) is 5.75 Å². The van der Waals surface area contributed by atoms with Gasteiger partial charge in [0.05, 0.1) is 0 Å². The predicted octanol–water partition coefficient (Wildman–Crippen LogP) is 2.50. The van der Waals surface area contributed by atoms with Crippen molar-refractivity contribution >= 4 is 33.4 Å². The van der Waals surface area contributed by atoms with Gasteiger partial charge in [0.15, 0.2) is 4.90 Å². The summed E-state index contributed by atoms with van der Waals surface area (Å²) in [6.45, 7) is 8.92. The van der Waals surface area contributed by atoms with Crippen LogP contribution in [0, 0.1) is 0 Å². The summed E-state index contributed by atoms with van der Waals surface area (Å²) in [4.78, 5) is 38.7. The monoisotopic (exact) mass is 573 g/mol. The topological polar surface area (TPSA) is 154 Å². The molecule has 5 N–H and O–H groups in total. The third-order valence-electron chi connectivity index (χ3n) is 5.99. The molecule has 10 nitrogen and oxygen atoms in total. The molecule has 0 radical (unpaired) electrons. The molecule has 0 aliphatic carbocycles. The quantitative estimate of drug-likeness (QED) is 0.390. The van der Waals surface area contributed by atoms with E-state index < -0.39 is 28.6 Å². The van der Waals surface area contributed by atoms with Crippen molar-refractivity contribution in [3.8, 4) is 10.6 Å². The van der Waals surface area contributed by atoms with Crippen molar-refractivity contribution in [3.63, 3.8) is 0 Å². The average Bonchev–Trinajstić information content (AvgIpc) is 3.29. The number of halogens is 3.